The first kappa shape index (κ1) is 15.2. The number of carbonyl (C=O) groups is 2. The van der Waals surface area contributed by atoms with Crippen molar-refractivity contribution in [3.05, 3.63) is 35.9 Å². The molecule has 1 aromatic carbocycles. The highest BCUT2D eigenvalue weighted by atomic mass is 16.4. The number of carboxylic acid groups (broad SMARTS) is 1. The van der Waals surface area contributed by atoms with Gasteiger partial charge in [-0.3, -0.25) is 4.79 Å². The first-order chi connectivity index (χ1) is 8.97. The molecule has 0 saturated heterocycles. The van der Waals surface area contributed by atoms with Crippen LogP contribution in [0.4, 0.5) is 0 Å². The van der Waals surface area contributed by atoms with Crippen molar-refractivity contribution in [3.63, 3.8) is 0 Å². The lowest BCUT2D eigenvalue weighted by atomic mass is 9.93. The lowest BCUT2D eigenvalue weighted by molar-refractivity contribution is -0.148. The predicted octanol–water partition coefficient (Wildman–Crippen LogP) is 2.50. The maximum Gasteiger partial charge on any atom is 0.326 e. The molecule has 2 unspecified atom stereocenters. The minimum absolute atomic E-state index is 0.0866. The molecule has 0 radical (unpaired) electrons. The molecule has 19 heavy (non-hydrogen) atoms. The van der Waals surface area contributed by atoms with E-state index in [4.69, 9.17) is 0 Å². The van der Waals surface area contributed by atoms with E-state index in [0.29, 0.717) is 12.8 Å². The molecule has 2 atom stereocenters. The minimum Gasteiger partial charge on any atom is -0.480 e. The van der Waals surface area contributed by atoms with E-state index in [1.54, 1.807) is 0 Å². The van der Waals surface area contributed by atoms with Crippen molar-refractivity contribution in [1.29, 1.82) is 0 Å². The number of carboxylic acids is 1. The van der Waals surface area contributed by atoms with Crippen LogP contribution in [0.25, 0.3) is 0 Å². The highest BCUT2D eigenvalue weighted by molar-refractivity contribution is 5.76. The van der Waals surface area contributed by atoms with Gasteiger partial charge in [0.25, 0.3) is 0 Å². The summed E-state index contributed by atoms with van der Waals surface area (Å²) in [5, 5.41) is 9.32. The van der Waals surface area contributed by atoms with Gasteiger partial charge in [-0.05, 0) is 31.7 Å². The maximum absolute atomic E-state index is 11.4. The van der Waals surface area contributed by atoms with E-state index in [-0.39, 0.29) is 12.0 Å². The van der Waals surface area contributed by atoms with Crippen LogP contribution in [0.1, 0.15) is 38.7 Å². The van der Waals surface area contributed by atoms with Crippen molar-refractivity contribution >= 4 is 12.4 Å². The Balaban J connectivity index is 2.85. The Kier molecular flexibility index (Phi) is 5.55. The molecular formula is C15H21NO3. The van der Waals surface area contributed by atoms with Crippen molar-refractivity contribution in [2.45, 2.75) is 45.2 Å². The van der Waals surface area contributed by atoms with Crippen LogP contribution in [0.5, 0.6) is 0 Å². The standard InChI is InChI=1S/C15H21NO3/c1-11(2)16(10-17)14(15(18)19)9-12(3)13-7-5-4-6-8-13/h4-8,10-12,14H,9H2,1-3H3,(H,18,19). The van der Waals surface area contributed by atoms with Crippen molar-refractivity contribution in [2.24, 2.45) is 0 Å². The van der Waals surface area contributed by atoms with Crippen molar-refractivity contribution in [3.8, 4) is 0 Å². The number of carbonyl (C=O) groups excluding carboxylic acids is 1. The lowest BCUT2D eigenvalue weighted by Crippen LogP contribution is -2.45. The lowest BCUT2D eigenvalue weighted by Gasteiger charge is -2.30. The van der Waals surface area contributed by atoms with Crippen LogP contribution in [0.3, 0.4) is 0 Å². The molecule has 0 spiro atoms. The molecule has 104 valence electrons. The topological polar surface area (TPSA) is 57.6 Å². The number of benzene rings is 1. The van der Waals surface area contributed by atoms with E-state index >= 15 is 0 Å². The highest BCUT2D eigenvalue weighted by Gasteiger charge is 2.28. The van der Waals surface area contributed by atoms with E-state index < -0.39 is 12.0 Å². The molecule has 1 amide bonds. The van der Waals surface area contributed by atoms with E-state index in [0.717, 1.165) is 5.56 Å². The van der Waals surface area contributed by atoms with Crippen LogP contribution in [0, 0.1) is 0 Å². The van der Waals surface area contributed by atoms with Crippen LogP contribution < -0.4 is 0 Å². The van der Waals surface area contributed by atoms with E-state index in [9.17, 15) is 14.7 Å². The molecule has 0 saturated carbocycles. The van der Waals surface area contributed by atoms with Crippen molar-refractivity contribution in [2.75, 3.05) is 0 Å². The molecule has 1 N–H and O–H groups in total. The van der Waals surface area contributed by atoms with Crippen LogP contribution in [-0.4, -0.2) is 34.5 Å². The third-order valence-electron chi connectivity index (χ3n) is 3.31. The zero-order valence-electron chi connectivity index (χ0n) is 11.6. The third kappa shape index (κ3) is 4.09. The summed E-state index contributed by atoms with van der Waals surface area (Å²) in [6.45, 7) is 5.61. The maximum atomic E-state index is 11.4. The Morgan fingerprint density at radius 1 is 1.26 bits per heavy atom. The largest absolute Gasteiger partial charge is 0.480 e. The summed E-state index contributed by atoms with van der Waals surface area (Å²) in [5.41, 5.74) is 1.09. The van der Waals surface area contributed by atoms with Crippen molar-refractivity contribution in [1.82, 2.24) is 4.90 Å². The second-order valence-corrected chi connectivity index (χ2v) is 5.05. The van der Waals surface area contributed by atoms with Gasteiger partial charge in [0, 0.05) is 6.04 Å². The van der Waals surface area contributed by atoms with Gasteiger partial charge in [0.1, 0.15) is 6.04 Å². The van der Waals surface area contributed by atoms with Crippen LogP contribution in [-0.2, 0) is 9.59 Å². The fraction of sp³-hybridized carbons (Fsp3) is 0.467. The number of nitrogens with zero attached hydrogens (tertiary/aromatic N) is 1. The zero-order valence-corrected chi connectivity index (χ0v) is 11.6. The second kappa shape index (κ2) is 6.92. The highest BCUT2D eigenvalue weighted by Crippen LogP contribution is 2.23. The number of rotatable bonds is 7. The Labute approximate surface area is 114 Å². The summed E-state index contributed by atoms with van der Waals surface area (Å²) in [5.74, 6) is -0.868. The van der Waals surface area contributed by atoms with Gasteiger partial charge in [0.05, 0.1) is 0 Å². The average molecular weight is 263 g/mol. The first-order valence-electron chi connectivity index (χ1n) is 6.47. The van der Waals surface area contributed by atoms with Crippen LogP contribution in [0.2, 0.25) is 0 Å². The molecule has 4 nitrogen and oxygen atoms in total. The second-order valence-electron chi connectivity index (χ2n) is 5.05. The molecule has 0 aromatic heterocycles. The SMILES string of the molecule is CC(CC(C(=O)O)N(C=O)C(C)C)c1ccccc1. The van der Waals surface area contributed by atoms with E-state index in [1.807, 2.05) is 51.1 Å². The summed E-state index contributed by atoms with van der Waals surface area (Å²) in [6.07, 6.45) is 1.04. The van der Waals surface area contributed by atoms with Gasteiger partial charge in [-0.1, -0.05) is 37.3 Å². The number of hydrogen-bond acceptors (Lipinski definition) is 2. The summed E-state index contributed by atoms with van der Waals surface area (Å²) < 4.78 is 0. The summed E-state index contributed by atoms with van der Waals surface area (Å²) in [7, 11) is 0. The average Bonchev–Trinajstić information content (AvgIpc) is 2.38. The van der Waals surface area contributed by atoms with Crippen LogP contribution >= 0.6 is 0 Å². The Morgan fingerprint density at radius 3 is 2.26 bits per heavy atom. The summed E-state index contributed by atoms with van der Waals surface area (Å²) in [4.78, 5) is 23.8. The Morgan fingerprint density at radius 2 is 1.84 bits per heavy atom. The van der Waals surface area contributed by atoms with Gasteiger partial charge in [0.2, 0.25) is 6.41 Å². The smallest absolute Gasteiger partial charge is 0.326 e. The fourth-order valence-corrected chi connectivity index (χ4v) is 2.16. The summed E-state index contributed by atoms with van der Waals surface area (Å²) >= 11 is 0. The van der Waals surface area contributed by atoms with E-state index in [2.05, 4.69) is 0 Å². The quantitative estimate of drug-likeness (QED) is 0.769. The normalized spacial score (nSPS) is 13.9. The molecule has 4 heteroatoms. The molecule has 0 heterocycles. The number of amides is 1. The first-order valence-corrected chi connectivity index (χ1v) is 6.47. The molecule has 0 aliphatic carbocycles. The van der Waals surface area contributed by atoms with Gasteiger partial charge >= 0.3 is 5.97 Å². The van der Waals surface area contributed by atoms with Crippen molar-refractivity contribution < 1.29 is 14.7 Å². The molecule has 1 aromatic rings. The Bertz CT molecular complexity index is 417. The van der Waals surface area contributed by atoms with Gasteiger partial charge in [-0.2, -0.15) is 0 Å². The summed E-state index contributed by atoms with van der Waals surface area (Å²) in [6, 6.07) is 8.84. The minimum atomic E-state index is -0.955. The molecule has 0 bridgehead atoms. The molecule has 1 rings (SSSR count). The Hall–Kier alpha value is -1.84. The molecule has 0 fully saturated rings. The van der Waals surface area contributed by atoms with E-state index in [1.165, 1.54) is 4.90 Å². The van der Waals surface area contributed by atoms with Gasteiger partial charge in [0.15, 0.2) is 0 Å². The number of aliphatic carboxylic acids is 1. The van der Waals surface area contributed by atoms with Gasteiger partial charge in [-0.15, -0.1) is 0 Å². The molecular weight excluding hydrogens is 242 g/mol. The zero-order chi connectivity index (χ0) is 14.4. The third-order valence-corrected chi connectivity index (χ3v) is 3.31. The predicted molar refractivity (Wildman–Crippen MR) is 73.9 cm³/mol. The van der Waals surface area contributed by atoms with Gasteiger partial charge < -0.3 is 10.0 Å². The van der Waals surface area contributed by atoms with Crippen LogP contribution in [0.15, 0.2) is 30.3 Å². The number of hydrogen-bond donors (Lipinski definition) is 1. The fourth-order valence-electron chi connectivity index (χ4n) is 2.16. The van der Waals surface area contributed by atoms with Gasteiger partial charge in [-0.25, -0.2) is 4.79 Å². The monoisotopic (exact) mass is 263 g/mol. The molecule has 0 aliphatic heterocycles. The molecule has 0 aliphatic rings.